The van der Waals surface area contributed by atoms with Crippen molar-refractivity contribution in [1.29, 1.82) is 0 Å². The summed E-state index contributed by atoms with van der Waals surface area (Å²) in [5.41, 5.74) is -0.919. The predicted octanol–water partition coefficient (Wildman–Crippen LogP) is 2.68. The van der Waals surface area contributed by atoms with Crippen LogP contribution in [0.25, 0.3) is 0 Å². The van der Waals surface area contributed by atoms with Crippen molar-refractivity contribution in [3.63, 3.8) is 0 Å². The van der Waals surface area contributed by atoms with Crippen LogP contribution in [0.2, 0.25) is 0 Å². The Kier molecular flexibility index (Phi) is 7.16. The number of hydrogen-bond acceptors (Lipinski definition) is 7. The number of esters is 1. The molecule has 0 spiro atoms. The quantitative estimate of drug-likeness (QED) is 0.346. The fraction of sp³-hybridized carbons (Fsp3) is 0.500. The van der Waals surface area contributed by atoms with Gasteiger partial charge in [-0.05, 0) is 39.8 Å². The van der Waals surface area contributed by atoms with Crippen molar-refractivity contribution in [2.24, 2.45) is 0 Å². The molecule has 0 heterocycles. The van der Waals surface area contributed by atoms with E-state index in [1.54, 1.807) is 27.7 Å². The zero-order chi connectivity index (χ0) is 19.0. The minimum absolute atomic E-state index is 0.0208. The summed E-state index contributed by atoms with van der Waals surface area (Å²) in [6.45, 7) is 7.10. The highest BCUT2D eigenvalue weighted by atomic mass is 16.6. The number of carbonyl (C=O) groups is 2. The summed E-state index contributed by atoms with van der Waals surface area (Å²) in [6.07, 6.45) is -0.625. The molecule has 0 unspecified atom stereocenters. The smallest absolute Gasteiger partial charge is 0.407 e. The second-order valence-electron chi connectivity index (χ2n) is 5.94. The van der Waals surface area contributed by atoms with Crippen LogP contribution in [0.4, 0.5) is 10.5 Å². The molecule has 1 N–H and O–H groups in total. The van der Waals surface area contributed by atoms with E-state index in [9.17, 15) is 19.7 Å². The van der Waals surface area contributed by atoms with Gasteiger partial charge in [0.15, 0.2) is 5.75 Å². The number of ether oxygens (including phenoxy) is 3. The molecule has 9 heteroatoms. The molecule has 0 radical (unpaired) electrons. The number of nitrogens with one attached hydrogen (secondary N) is 1. The maximum Gasteiger partial charge on any atom is 0.407 e. The Morgan fingerprint density at radius 1 is 1.28 bits per heavy atom. The van der Waals surface area contributed by atoms with E-state index >= 15 is 0 Å². The van der Waals surface area contributed by atoms with Crippen LogP contribution < -0.4 is 10.1 Å². The SMILES string of the molecule is CCOc1ccc(C(=O)OCCNC(=O)OC(C)(C)C)cc1[N+](=O)[O-]. The van der Waals surface area contributed by atoms with Crippen molar-refractivity contribution in [2.75, 3.05) is 19.8 Å². The van der Waals surface area contributed by atoms with E-state index in [0.29, 0.717) is 0 Å². The monoisotopic (exact) mass is 354 g/mol. The van der Waals surface area contributed by atoms with E-state index in [-0.39, 0.29) is 36.8 Å². The second-order valence-corrected chi connectivity index (χ2v) is 5.94. The Labute approximate surface area is 145 Å². The molecule has 1 aromatic carbocycles. The Bertz CT molecular complexity index is 638. The summed E-state index contributed by atoms with van der Waals surface area (Å²) in [7, 11) is 0. The molecule has 0 atom stereocenters. The number of nitrogens with zero attached hydrogens (tertiary/aromatic N) is 1. The molecule has 0 aliphatic carbocycles. The normalized spacial score (nSPS) is 10.7. The largest absolute Gasteiger partial charge is 0.487 e. The molecule has 1 amide bonds. The second kappa shape index (κ2) is 8.86. The van der Waals surface area contributed by atoms with Gasteiger partial charge < -0.3 is 19.5 Å². The Morgan fingerprint density at radius 2 is 1.96 bits per heavy atom. The Hall–Kier alpha value is -2.84. The Morgan fingerprint density at radius 3 is 2.52 bits per heavy atom. The number of nitro benzene ring substituents is 1. The Balaban J connectivity index is 2.56. The van der Waals surface area contributed by atoms with Crippen LogP contribution in [0.1, 0.15) is 38.1 Å². The van der Waals surface area contributed by atoms with Crippen LogP contribution >= 0.6 is 0 Å². The number of benzene rings is 1. The van der Waals surface area contributed by atoms with Crippen LogP contribution in [0, 0.1) is 10.1 Å². The fourth-order valence-electron chi connectivity index (χ4n) is 1.76. The number of nitro groups is 1. The lowest BCUT2D eigenvalue weighted by Crippen LogP contribution is -2.34. The van der Waals surface area contributed by atoms with Crippen LogP contribution in [-0.4, -0.2) is 42.3 Å². The average molecular weight is 354 g/mol. The van der Waals surface area contributed by atoms with Crippen molar-refractivity contribution < 1.29 is 28.7 Å². The third-order valence-corrected chi connectivity index (χ3v) is 2.69. The van der Waals surface area contributed by atoms with Gasteiger partial charge in [0.2, 0.25) is 0 Å². The van der Waals surface area contributed by atoms with E-state index < -0.39 is 22.6 Å². The molecule has 0 aliphatic rings. The van der Waals surface area contributed by atoms with E-state index in [1.807, 2.05) is 0 Å². The van der Waals surface area contributed by atoms with Gasteiger partial charge in [0, 0.05) is 6.07 Å². The minimum atomic E-state index is -0.739. The van der Waals surface area contributed by atoms with Gasteiger partial charge in [0.25, 0.3) is 0 Å². The van der Waals surface area contributed by atoms with Crippen LogP contribution in [0.15, 0.2) is 18.2 Å². The lowest BCUT2D eigenvalue weighted by atomic mass is 10.2. The van der Waals surface area contributed by atoms with Crippen LogP contribution in [-0.2, 0) is 9.47 Å². The van der Waals surface area contributed by atoms with E-state index in [0.717, 1.165) is 6.07 Å². The fourth-order valence-corrected chi connectivity index (χ4v) is 1.76. The van der Waals surface area contributed by atoms with E-state index in [1.165, 1.54) is 12.1 Å². The molecule has 25 heavy (non-hydrogen) atoms. The molecule has 138 valence electrons. The molecule has 1 rings (SSSR count). The molecule has 0 bridgehead atoms. The average Bonchev–Trinajstić information content (AvgIpc) is 2.50. The first-order chi connectivity index (χ1) is 11.6. The molecule has 0 aromatic heterocycles. The number of hydrogen-bond donors (Lipinski definition) is 1. The molecule has 9 nitrogen and oxygen atoms in total. The predicted molar refractivity (Wildman–Crippen MR) is 88.8 cm³/mol. The van der Waals surface area contributed by atoms with Crippen molar-refractivity contribution in [3.8, 4) is 5.75 Å². The molecule has 0 saturated carbocycles. The highest BCUT2D eigenvalue weighted by molar-refractivity contribution is 5.90. The van der Waals surface area contributed by atoms with Gasteiger partial charge in [0.05, 0.1) is 23.6 Å². The topological polar surface area (TPSA) is 117 Å². The molecular weight excluding hydrogens is 332 g/mol. The highest BCUT2D eigenvalue weighted by Crippen LogP contribution is 2.28. The van der Waals surface area contributed by atoms with E-state index in [4.69, 9.17) is 14.2 Å². The number of rotatable bonds is 7. The summed E-state index contributed by atoms with van der Waals surface area (Å²) in [5.74, 6) is -0.659. The van der Waals surface area contributed by atoms with Crippen molar-refractivity contribution in [3.05, 3.63) is 33.9 Å². The first kappa shape index (κ1) is 20.2. The van der Waals surface area contributed by atoms with Gasteiger partial charge in [-0.2, -0.15) is 0 Å². The van der Waals surface area contributed by atoms with Crippen LogP contribution in [0.5, 0.6) is 5.75 Å². The molecule has 1 aromatic rings. The maximum absolute atomic E-state index is 11.9. The number of carbonyl (C=O) groups excluding carboxylic acids is 2. The molecular formula is C16H22N2O7. The first-order valence-corrected chi connectivity index (χ1v) is 7.69. The zero-order valence-corrected chi connectivity index (χ0v) is 14.7. The van der Waals surface area contributed by atoms with E-state index in [2.05, 4.69) is 5.32 Å². The summed E-state index contributed by atoms with van der Waals surface area (Å²) < 4.78 is 15.1. The zero-order valence-electron chi connectivity index (χ0n) is 14.7. The first-order valence-electron chi connectivity index (χ1n) is 7.69. The van der Waals surface area contributed by atoms with Crippen molar-refractivity contribution in [1.82, 2.24) is 5.32 Å². The summed E-state index contributed by atoms with van der Waals surface area (Å²) in [6, 6.07) is 3.81. The van der Waals surface area contributed by atoms with Gasteiger partial charge in [-0.15, -0.1) is 0 Å². The third-order valence-electron chi connectivity index (χ3n) is 2.69. The standard InChI is InChI=1S/C16H22N2O7/c1-5-23-13-7-6-11(10-12(13)18(21)22)14(19)24-9-8-17-15(20)25-16(2,3)4/h6-7,10H,5,8-9H2,1-4H3,(H,17,20). The lowest BCUT2D eigenvalue weighted by molar-refractivity contribution is -0.385. The molecule has 0 aliphatic heterocycles. The van der Waals surface area contributed by atoms with Gasteiger partial charge in [0.1, 0.15) is 12.2 Å². The summed E-state index contributed by atoms with van der Waals surface area (Å²) in [4.78, 5) is 33.8. The maximum atomic E-state index is 11.9. The number of alkyl carbamates (subject to hydrolysis) is 1. The van der Waals surface area contributed by atoms with Crippen molar-refractivity contribution in [2.45, 2.75) is 33.3 Å². The molecule has 0 saturated heterocycles. The third kappa shape index (κ3) is 7.06. The van der Waals surface area contributed by atoms with Gasteiger partial charge >= 0.3 is 17.7 Å². The summed E-state index contributed by atoms with van der Waals surface area (Å²) >= 11 is 0. The van der Waals surface area contributed by atoms with Crippen LogP contribution in [0.3, 0.4) is 0 Å². The summed E-state index contributed by atoms with van der Waals surface area (Å²) in [5, 5.41) is 13.5. The van der Waals surface area contributed by atoms with Gasteiger partial charge in [-0.25, -0.2) is 9.59 Å². The van der Waals surface area contributed by atoms with Gasteiger partial charge in [-0.3, -0.25) is 10.1 Å². The van der Waals surface area contributed by atoms with Crippen molar-refractivity contribution >= 4 is 17.7 Å². The highest BCUT2D eigenvalue weighted by Gasteiger charge is 2.19. The lowest BCUT2D eigenvalue weighted by Gasteiger charge is -2.19. The number of amides is 1. The van der Waals surface area contributed by atoms with Gasteiger partial charge in [-0.1, -0.05) is 0 Å². The molecule has 0 fully saturated rings. The minimum Gasteiger partial charge on any atom is -0.487 e.